The highest BCUT2D eigenvalue weighted by Gasteiger charge is 2.35. The lowest BCUT2D eigenvalue weighted by atomic mass is 10.3. The minimum atomic E-state index is -4.58. The Morgan fingerprint density at radius 1 is 1.24 bits per heavy atom. The molecule has 2 heterocycles. The van der Waals surface area contributed by atoms with Gasteiger partial charge in [-0.3, -0.25) is 4.98 Å². The summed E-state index contributed by atoms with van der Waals surface area (Å²) >= 11 is 1.69. The summed E-state index contributed by atoms with van der Waals surface area (Å²) in [5, 5.41) is 0.289. The van der Waals surface area contributed by atoms with E-state index in [0.717, 1.165) is 12.3 Å². The Bertz CT molecular complexity index is 592. The fourth-order valence-electron chi connectivity index (χ4n) is 2.18. The lowest BCUT2D eigenvalue weighted by molar-refractivity contribution is -0.141. The molecule has 0 amide bonds. The van der Waals surface area contributed by atoms with Crippen LogP contribution in [-0.4, -0.2) is 41.3 Å². The average Bonchev–Trinajstić information content (AvgIpc) is 2.36. The van der Waals surface area contributed by atoms with E-state index in [1.54, 1.807) is 11.8 Å². The van der Waals surface area contributed by atoms with Crippen LogP contribution in [0.2, 0.25) is 0 Å². The van der Waals surface area contributed by atoms with Crippen LogP contribution in [0.4, 0.5) is 13.2 Å². The summed E-state index contributed by atoms with van der Waals surface area (Å²) in [7, 11) is -3.80. The van der Waals surface area contributed by atoms with Crippen LogP contribution in [0.5, 0.6) is 0 Å². The highest BCUT2D eigenvalue weighted by molar-refractivity contribution is 8.00. The van der Waals surface area contributed by atoms with Gasteiger partial charge in [0.1, 0.15) is 10.6 Å². The van der Waals surface area contributed by atoms with Crippen molar-refractivity contribution in [3.05, 3.63) is 24.0 Å². The SMILES string of the molecule is CC1CN(S(=O)(=O)c2ccc(C(F)(F)F)nc2)CC(C)S1. The van der Waals surface area contributed by atoms with E-state index in [2.05, 4.69) is 4.98 Å². The van der Waals surface area contributed by atoms with Gasteiger partial charge in [-0.2, -0.15) is 29.2 Å². The van der Waals surface area contributed by atoms with Gasteiger partial charge in [-0.25, -0.2) is 8.42 Å². The maximum atomic E-state index is 12.4. The topological polar surface area (TPSA) is 50.3 Å². The first-order valence-electron chi connectivity index (χ1n) is 6.29. The van der Waals surface area contributed by atoms with Gasteiger partial charge < -0.3 is 0 Å². The number of halogens is 3. The first kappa shape index (κ1) is 16.6. The van der Waals surface area contributed by atoms with E-state index in [1.165, 1.54) is 4.31 Å². The first-order chi connectivity index (χ1) is 9.60. The molecule has 118 valence electrons. The highest BCUT2D eigenvalue weighted by atomic mass is 32.2. The van der Waals surface area contributed by atoms with E-state index in [-0.39, 0.29) is 15.4 Å². The maximum absolute atomic E-state index is 12.4. The van der Waals surface area contributed by atoms with Crippen LogP contribution < -0.4 is 0 Å². The number of alkyl halides is 3. The number of aromatic nitrogens is 1. The number of rotatable bonds is 2. The standard InChI is InChI=1S/C12H15F3N2O2S2/c1-8-6-17(7-9(2)20-8)21(18,19)10-3-4-11(16-5-10)12(13,14)15/h3-5,8-9H,6-7H2,1-2H3. The first-order valence-corrected chi connectivity index (χ1v) is 8.68. The van der Waals surface area contributed by atoms with Crippen molar-refractivity contribution in [2.24, 2.45) is 0 Å². The van der Waals surface area contributed by atoms with Gasteiger partial charge in [-0.05, 0) is 12.1 Å². The molecule has 0 bridgehead atoms. The van der Waals surface area contributed by atoms with Gasteiger partial charge in [0.2, 0.25) is 10.0 Å². The van der Waals surface area contributed by atoms with Crippen molar-refractivity contribution in [2.75, 3.05) is 13.1 Å². The van der Waals surface area contributed by atoms with E-state index in [4.69, 9.17) is 0 Å². The molecule has 4 nitrogen and oxygen atoms in total. The smallest absolute Gasteiger partial charge is 0.250 e. The van der Waals surface area contributed by atoms with Crippen LogP contribution in [-0.2, 0) is 16.2 Å². The normalized spacial score (nSPS) is 25.0. The molecule has 1 aromatic heterocycles. The predicted molar refractivity (Wildman–Crippen MR) is 74.5 cm³/mol. The third-order valence-corrected chi connectivity index (χ3v) is 6.09. The average molecular weight is 340 g/mol. The lowest BCUT2D eigenvalue weighted by Crippen LogP contribution is -2.43. The minimum absolute atomic E-state index is 0.144. The molecule has 1 aliphatic rings. The summed E-state index contributed by atoms with van der Waals surface area (Å²) < 4.78 is 63.5. The summed E-state index contributed by atoms with van der Waals surface area (Å²) in [6.45, 7) is 4.54. The lowest BCUT2D eigenvalue weighted by Gasteiger charge is -2.33. The van der Waals surface area contributed by atoms with Crippen molar-refractivity contribution in [2.45, 2.75) is 35.4 Å². The molecular weight excluding hydrogens is 325 g/mol. The van der Waals surface area contributed by atoms with Gasteiger partial charge in [0.15, 0.2) is 0 Å². The van der Waals surface area contributed by atoms with Gasteiger partial charge in [-0.1, -0.05) is 13.8 Å². The molecule has 2 rings (SSSR count). The Hall–Kier alpha value is -0.800. The van der Waals surface area contributed by atoms with Gasteiger partial charge in [-0.15, -0.1) is 0 Å². The zero-order chi connectivity index (χ0) is 15.8. The molecular formula is C12H15F3N2O2S2. The fourth-order valence-corrected chi connectivity index (χ4v) is 5.25. The second-order valence-electron chi connectivity index (χ2n) is 4.96. The van der Waals surface area contributed by atoms with Crippen LogP contribution >= 0.6 is 11.8 Å². The van der Waals surface area contributed by atoms with Gasteiger partial charge in [0, 0.05) is 29.8 Å². The van der Waals surface area contributed by atoms with Crippen molar-refractivity contribution >= 4 is 21.8 Å². The van der Waals surface area contributed by atoms with E-state index in [9.17, 15) is 21.6 Å². The van der Waals surface area contributed by atoms with Gasteiger partial charge in [0.05, 0.1) is 0 Å². The number of pyridine rings is 1. The molecule has 9 heteroatoms. The number of thioether (sulfide) groups is 1. The quantitative estimate of drug-likeness (QED) is 0.830. The van der Waals surface area contributed by atoms with E-state index >= 15 is 0 Å². The largest absolute Gasteiger partial charge is 0.433 e. The van der Waals surface area contributed by atoms with Crippen molar-refractivity contribution in [3.8, 4) is 0 Å². The molecule has 0 saturated carbocycles. The molecule has 1 saturated heterocycles. The van der Waals surface area contributed by atoms with Crippen LogP contribution in [0.15, 0.2) is 23.2 Å². The van der Waals surface area contributed by atoms with Crippen molar-refractivity contribution in [3.63, 3.8) is 0 Å². The van der Waals surface area contributed by atoms with Gasteiger partial charge >= 0.3 is 6.18 Å². The highest BCUT2D eigenvalue weighted by Crippen LogP contribution is 2.30. The Morgan fingerprint density at radius 3 is 2.24 bits per heavy atom. The van der Waals surface area contributed by atoms with Crippen LogP contribution in [0.25, 0.3) is 0 Å². The van der Waals surface area contributed by atoms with E-state index in [0.29, 0.717) is 19.2 Å². The maximum Gasteiger partial charge on any atom is 0.433 e. The predicted octanol–water partition coefficient (Wildman–Crippen LogP) is 2.61. The fraction of sp³-hybridized carbons (Fsp3) is 0.583. The molecule has 2 atom stereocenters. The molecule has 0 aromatic carbocycles. The van der Waals surface area contributed by atoms with Crippen molar-refractivity contribution in [1.29, 1.82) is 0 Å². The summed E-state index contributed by atoms with van der Waals surface area (Å²) in [4.78, 5) is 3.01. The Balaban J connectivity index is 2.27. The summed E-state index contributed by atoms with van der Waals surface area (Å²) in [6.07, 6.45) is -3.80. The zero-order valence-corrected chi connectivity index (χ0v) is 13.1. The summed E-state index contributed by atoms with van der Waals surface area (Å²) in [5.41, 5.74) is -1.10. The molecule has 1 aromatic rings. The number of hydrogen-bond acceptors (Lipinski definition) is 4. The van der Waals surface area contributed by atoms with Gasteiger partial charge in [0.25, 0.3) is 0 Å². The minimum Gasteiger partial charge on any atom is -0.250 e. The molecule has 2 unspecified atom stereocenters. The second kappa shape index (κ2) is 5.77. The van der Waals surface area contributed by atoms with E-state index in [1.807, 2.05) is 13.8 Å². The molecule has 0 radical (unpaired) electrons. The Kier molecular flexibility index (Phi) is 4.55. The zero-order valence-electron chi connectivity index (χ0n) is 11.5. The molecule has 1 aliphatic heterocycles. The third kappa shape index (κ3) is 3.70. The molecule has 1 fully saturated rings. The van der Waals surface area contributed by atoms with Crippen molar-refractivity contribution < 1.29 is 21.6 Å². The second-order valence-corrected chi connectivity index (χ2v) is 8.78. The monoisotopic (exact) mass is 340 g/mol. The van der Waals surface area contributed by atoms with E-state index < -0.39 is 21.9 Å². The van der Waals surface area contributed by atoms with Crippen molar-refractivity contribution in [1.82, 2.24) is 9.29 Å². The van der Waals surface area contributed by atoms with Crippen LogP contribution in [0.3, 0.4) is 0 Å². The Labute approximate surface area is 125 Å². The number of nitrogens with zero attached hydrogens (tertiary/aromatic N) is 2. The molecule has 0 spiro atoms. The Morgan fingerprint density at radius 2 is 1.81 bits per heavy atom. The third-order valence-electron chi connectivity index (χ3n) is 3.05. The molecule has 21 heavy (non-hydrogen) atoms. The number of hydrogen-bond donors (Lipinski definition) is 0. The molecule has 0 aliphatic carbocycles. The van der Waals surface area contributed by atoms with Crippen LogP contribution in [0.1, 0.15) is 19.5 Å². The summed E-state index contributed by atoms with van der Waals surface area (Å²) in [5.74, 6) is 0. The number of sulfonamides is 1. The van der Waals surface area contributed by atoms with Crippen LogP contribution in [0, 0.1) is 0 Å². The molecule has 0 N–H and O–H groups in total. The summed E-state index contributed by atoms with van der Waals surface area (Å²) in [6, 6.07) is 1.65.